The van der Waals surface area contributed by atoms with Crippen molar-refractivity contribution in [1.82, 2.24) is 15.5 Å². The second-order valence-electron chi connectivity index (χ2n) is 7.68. The Hall–Kier alpha value is -2.08. The zero-order valence-corrected chi connectivity index (χ0v) is 18.2. The minimum atomic E-state index is -0.114. The number of unbranched alkanes of at least 4 members (excludes halogenated alkanes) is 3. The van der Waals surface area contributed by atoms with Crippen LogP contribution in [0.25, 0.3) is 0 Å². The van der Waals surface area contributed by atoms with E-state index in [-0.39, 0.29) is 5.97 Å². The van der Waals surface area contributed by atoms with Gasteiger partial charge in [-0.2, -0.15) is 0 Å². The number of methoxy groups -OCH3 is 1. The van der Waals surface area contributed by atoms with Gasteiger partial charge in [0.25, 0.3) is 0 Å². The summed E-state index contributed by atoms with van der Waals surface area (Å²) < 4.78 is 4.66. The minimum Gasteiger partial charge on any atom is -0.469 e. The molecule has 0 bridgehead atoms. The van der Waals surface area contributed by atoms with Crippen LogP contribution in [0, 0.1) is 0 Å². The van der Waals surface area contributed by atoms with Crippen molar-refractivity contribution in [2.24, 2.45) is 4.99 Å². The van der Waals surface area contributed by atoms with Gasteiger partial charge in [-0.15, -0.1) is 0 Å². The van der Waals surface area contributed by atoms with Crippen LogP contribution in [0.1, 0.15) is 57.4 Å². The third-order valence-electron chi connectivity index (χ3n) is 5.31. The Kier molecular flexibility index (Phi) is 11.2. The van der Waals surface area contributed by atoms with Gasteiger partial charge in [-0.05, 0) is 38.2 Å². The summed E-state index contributed by atoms with van der Waals surface area (Å²) in [6, 6.07) is 11.2. The maximum Gasteiger partial charge on any atom is 0.305 e. The predicted octanol–water partition coefficient (Wildman–Crippen LogP) is 3.33. The van der Waals surface area contributed by atoms with E-state index in [1.54, 1.807) is 0 Å². The van der Waals surface area contributed by atoms with Gasteiger partial charge in [-0.3, -0.25) is 14.7 Å². The molecule has 29 heavy (non-hydrogen) atoms. The summed E-state index contributed by atoms with van der Waals surface area (Å²) in [6.45, 7) is 7.07. The van der Waals surface area contributed by atoms with Crippen molar-refractivity contribution in [3.8, 4) is 0 Å². The lowest BCUT2D eigenvalue weighted by molar-refractivity contribution is -0.140. The van der Waals surface area contributed by atoms with E-state index in [1.165, 1.54) is 12.7 Å². The fourth-order valence-electron chi connectivity index (χ4n) is 3.62. The van der Waals surface area contributed by atoms with E-state index in [0.29, 0.717) is 12.5 Å². The average molecular weight is 403 g/mol. The van der Waals surface area contributed by atoms with E-state index in [2.05, 4.69) is 57.5 Å². The second-order valence-corrected chi connectivity index (χ2v) is 7.68. The first-order valence-corrected chi connectivity index (χ1v) is 11.1. The van der Waals surface area contributed by atoms with Gasteiger partial charge in [0.05, 0.1) is 7.11 Å². The number of nitrogens with one attached hydrogen (secondary N) is 2. The number of esters is 1. The van der Waals surface area contributed by atoms with E-state index in [0.717, 1.165) is 77.2 Å². The highest BCUT2D eigenvalue weighted by Gasteiger charge is 2.19. The molecule has 0 saturated carbocycles. The molecular weight excluding hydrogens is 364 g/mol. The van der Waals surface area contributed by atoms with Gasteiger partial charge < -0.3 is 15.4 Å². The summed E-state index contributed by atoms with van der Waals surface area (Å²) in [5.74, 6) is 0.819. The molecule has 0 aromatic heterocycles. The first-order chi connectivity index (χ1) is 14.2. The highest BCUT2D eigenvalue weighted by molar-refractivity contribution is 5.80. The standard InChI is InChI=1S/C23H38N4O2/c1-3-24-23(25-16-10-5-4-9-13-22(28)29-2)26-21-14-17-27(18-15-21)19-20-11-7-6-8-12-20/h6-8,11-12,21H,3-5,9-10,13-19H2,1-2H3,(H2,24,25,26). The Morgan fingerprint density at radius 2 is 1.86 bits per heavy atom. The predicted molar refractivity (Wildman–Crippen MR) is 119 cm³/mol. The maximum absolute atomic E-state index is 11.1. The van der Waals surface area contributed by atoms with Gasteiger partial charge in [-0.25, -0.2) is 0 Å². The number of carbonyl (C=O) groups is 1. The van der Waals surface area contributed by atoms with Crippen molar-refractivity contribution in [2.75, 3.05) is 33.3 Å². The number of piperidine rings is 1. The molecule has 0 aliphatic carbocycles. The number of carbonyl (C=O) groups excluding carboxylic acids is 1. The molecule has 6 nitrogen and oxygen atoms in total. The molecule has 2 rings (SSSR count). The van der Waals surface area contributed by atoms with Crippen LogP contribution in [0.4, 0.5) is 0 Å². The minimum absolute atomic E-state index is 0.114. The van der Waals surface area contributed by atoms with Crippen molar-refractivity contribution in [3.05, 3.63) is 35.9 Å². The molecule has 6 heteroatoms. The molecule has 0 atom stereocenters. The topological polar surface area (TPSA) is 66.0 Å². The monoisotopic (exact) mass is 402 g/mol. The van der Waals surface area contributed by atoms with Crippen LogP contribution in [0.5, 0.6) is 0 Å². The zero-order chi connectivity index (χ0) is 20.7. The Bertz CT molecular complexity index is 598. The number of likely N-dealkylation sites (tertiary alicyclic amines) is 1. The summed E-state index contributed by atoms with van der Waals surface area (Å²) in [6.07, 6.45) is 6.90. The summed E-state index contributed by atoms with van der Waals surface area (Å²) in [5, 5.41) is 6.99. The summed E-state index contributed by atoms with van der Waals surface area (Å²) in [5.41, 5.74) is 1.39. The largest absolute Gasteiger partial charge is 0.469 e. The molecule has 1 aromatic carbocycles. The Morgan fingerprint density at radius 1 is 1.14 bits per heavy atom. The SMILES string of the molecule is CCNC(=NCCCCCCC(=O)OC)NC1CCN(Cc2ccccc2)CC1. The lowest BCUT2D eigenvalue weighted by atomic mass is 10.0. The number of ether oxygens (including phenoxy) is 1. The van der Waals surface area contributed by atoms with Crippen LogP contribution in [-0.4, -0.2) is 56.2 Å². The lowest BCUT2D eigenvalue weighted by Crippen LogP contribution is -2.48. The Labute approximate surface area is 176 Å². The number of guanidine groups is 1. The highest BCUT2D eigenvalue weighted by atomic mass is 16.5. The van der Waals surface area contributed by atoms with E-state index < -0.39 is 0 Å². The van der Waals surface area contributed by atoms with E-state index >= 15 is 0 Å². The first kappa shape index (κ1) is 23.2. The van der Waals surface area contributed by atoms with Crippen LogP contribution in [0.3, 0.4) is 0 Å². The molecule has 0 radical (unpaired) electrons. The fraction of sp³-hybridized carbons (Fsp3) is 0.652. The van der Waals surface area contributed by atoms with Gasteiger partial charge in [0, 0.05) is 45.2 Å². The van der Waals surface area contributed by atoms with E-state index in [9.17, 15) is 4.79 Å². The zero-order valence-electron chi connectivity index (χ0n) is 18.2. The molecule has 1 fully saturated rings. The van der Waals surface area contributed by atoms with Crippen molar-refractivity contribution in [2.45, 2.75) is 64.5 Å². The normalized spacial score (nSPS) is 15.9. The van der Waals surface area contributed by atoms with Crippen LogP contribution >= 0.6 is 0 Å². The van der Waals surface area contributed by atoms with Gasteiger partial charge in [-0.1, -0.05) is 43.2 Å². The molecule has 0 unspecified atom stereocenters. The molecule has 1 aromatic rings. The third kappa shape index (κ3) is 9.79. The van der Waals surface area contributed by atoms with Crippen LogP contribution in [-0.2, 0) is 16.1 Å². The van der Waals surface area contributed by atoms with E-state index in [4.69, 9.17) is 4.99 Å². The second kappa shape index (κ2) is 14.0. The van der Waals surface area contributed by atoms with Crippen molar-refractivity contribution >= 4 is 11.9 Å². The number of benzene rings is 1. The lowest BCUT2D eigenvalue weighted by Gasteiger charge is -2.33. The van der Waals surface area contributed by atoms with Crippen molar-refractivity contribution in [1.29, 1.82) is 0 Å². The molecule has 0 spiro atoms. The number of nitrogens with zero attached hydrogens (tertiary/aromatic N) is 2. The number of aliphatic imine (C=N–C) groups is 1. The van der Waals surface area contributed by atoms with Gasteiger partial charge in [0.2, 0.25) is 0 Å². The Balaban J connectivity index is 1.64. The van der Waals surface area contributed by atoms with Crippen LogP contribution < -0.4 is 10.6 Å². The third-order valence-corrected chi connectivity index (χ3v) is 5.31. The molecule has 1 saturated heterocycles. The summed E-state index contributed by atoms with van der Waals surface area (Å²) in [7, 11) is 1.44. The first-order valence-electron chi connectivity index (χ1n) is 11.1. The molecule has 0 amide bonds. The fourth-order valence-corrected chi connectivity index (χ4v) is 3.62. The molecular formula is C23H38N4O2. The number of hydrogen-bond acceptors (Lipinski definition) is 4. The summed E-state index contributed by atoms with van der Waals surface area (Å²) >= 11 is 0. The maximum atomic E-state index is 11.1. The molecule has 2 N–H and O–H groups in total. The number of hydrogen-bond donors (Lipinski definition) is 2. The Morgan fingerprint density at radius 3 is 2.55 bits per heavy atom. The quantitative estimate of drug-likeness (QED) is 0.257. The molecule has 1 heterocycles. The average Bonchev–Trinajstić information content (AvgIpc) is 2.75. The molecule has 1 aliphatic heterocycles. The van der Waals surface area contributed by atoms with Gasteiger partial charge in [0.1, 0.15) is 0 Å². The van der Waals surface area contributed by atoms with Crippen molar-refractivity contribution in [3.63, 3.8) is 0 Å². The highest BCUT2D eigenvalue weighted by Crippen LogP contribution is 2.14. The number of rotatable bonds is 11. The smallest absolute Gasteiger partial charge is 0.305 e. The van der Waals surface area contributed by atoms with Crippen LogP contribution in [0.2, 0.25) is 0 Å². The summed E-state index contributed by atoms with van der Waals surface area (Å²) in [4.78, 5) is 18.4. The van der Waals surface area contributed by atoms with E-state index in [1.807, 2.05) is 0 Å². The van der Waals surface area contributed by atoms with Gasteiger partial charge in [0.15, 0.2) is 5.96 Å². The molecule has 1 aliphatic rings. The van der Waals surface area contributed by atoms with Crippen LogP contribution in [0.15, 0.2) is 35.3 Å². The van der Waals surface area contributed by atoms with Crippen molar-refractivity contribution < 1.29 is 9.53 Å². The van der Waals surface area contributed by atoms with Gasteiger partial charge >= 0.3 is 5.97 Å². The molecule has 162 valence electrons.